The lowest BCUT2D eigenvalue weighted by Gasteiger charge is -2.12. The molecule has 0 fully saturated rings. The van der Waals surface area contributed by atoms with Gasteiger partial charge >= 0.3 is 5.97 Å². The largest absolute Gasteiger partial charge is 0.489 e. The van der Waals surface area contributed by atoms with E-state index in [1.54, 1.807) is 12.1 Å². The van der Waals surface area contributed by atoms with Crippen molar-refractivity contribution in [2.24, 2.45) is 0 Å². The molecule has 0 aromatic heterocycles. The Morgan fingerprint density at radius 3 is 2.15 bits per heavy atom. The van der Waals surface area contributed by atoms with Crippen LogP contribution in [-0.2, 0) is 11.4 Å². The molecule has 4 heteroatoms. The van der Waals surface area contributed by atoms with Crippen LogP contribution in [0.1, 0.15) is 12.0 Å². The van der Waals surface area contributed by atoms with Crippen LogP contribution < -0.4 is 9.47 Å². The number of carboxylic acids is 1. The van der Waals surface area contributed by atoms with Crippen LogP contribution in [0.3, 0.4) is 0 Å². The van der Waals surface area contributed by atoms with Crippen LogP contribution in [0.4, 0.5) is 0 Å². The lowest BCUT2D eigenvalue weighted by Crippen LogP contribution is -2.06. The summed E-state index contributed by atoms with van der Waals surface area (Å²) < 4.78 is 11.1. The highest BCUT2D eigenvalue weighted by Gasteiger charge is 2.05. The van der Waals surface area contributed by atoms with E-state index in [2.05, 4.69) is 0 Å². The molecule has 0 unspecified atom stereocenters. The van der Waals surface area contributed by atoms with Gasteiger partial charge in [0.1, 0.15) is 6.61 Å². The van der Waals surface area contributed by atoms with Crippen molar-refractivity contribution >= 4 is 5.97 Å². The highest BCUT2D eigenvalue weighted by Crippen LogP contribution is 2.27. The molecule has 1 N–H and O–H groups in total. The Labute approximate surface area is 117 Å². The second-order valence-corrected chi connectivity index (χ2v) is 4.21. The fourth-order valence-corrected chi connectivity index (χ4v) is 1.67. The van der Waals surface area contributed by atoms with Crippen LogP contribution >= 0.6 is 0 Å². The van der Waals surface area contributed by atoms with E-state index in [0.717, 1.165) is 5.56 Å². The average molecular weight is 272 g/mol. The predicted octanol–water partition coefficient (Wildman–Crippen LogP) is 3.12. The van der Waals surface area contributed by atoms with Crippen LogP contribution in [0.25, 0.3) is 0 Å². The average Bonchev–Trinajstić information content (AvgIpc) is 2.47. The highest BCUT2D eigenvalue weighted by molar-refractivity contribution is 5.66. The van der Waals surface area contributed by atoms with Gasteiger partial charge in [-0.25, -0.2) is 0 Å². The number of hydrogen-bond acceptors (Lipinski definition) is 3. The van der Waals surface area contributed by atoms with Crippen molar-refractivity contribution in [3.8, 4) is 11.5 Å². The van der Waals surface area contributed by atoms with E-state index in [4.69, 9.17) is 14.6 Å². The van der Waals surface area contributed by atoms with Gasteiger partial charge in [-0.1, -0.05) is 42.5 Å². The van der Waals surface area contributed by atoms with Crippen molar-refractivity contribution in [2.75, 3.05) is 6.61 Å². The second-order valence-electron chi connectivity index (χ2n) is 4.21. The molecule has 0 radical (unpaired) electrons. The first kappa shape index (κ1) is 13.9. The molecule has 0 atom stereocenters. The maximum absolute atomic E-state index is 10.5. The standard InChI is InChI=1S/C16H16O4/c17-16(18)10-11-19-14-8-4-5-9-15(14)20-12-13-6-2-1-3-7-13/h1-9H,10-12H2,(H,17,18). The summed E-state index contributed by atoms with van der Waals surface area (Å²) in [4.78, 5) is 10.5. The van der Waals surface area contributed by atoms with Gasteiger partial charge in [0.2, 0.25) is 0 Å². The summed E-state index contributed by atoms with van der Waals surface area (Å²) in [7, 11) is 0. The maximum atomic E-state index is 10.5. The fraction of sp³-hybridized carbons (Fsp3) is 0.188. The quantitative estimate of drug-likeness (QED) is 0.841. The van der Waals surface area contributed by atoms with Crippen LogP contribution in [0, 0.1) is 0 Å². The molecule has 20 heavy (non-hydrogen) atoms. The van der Waals surface area contributed by atoms with Crippen molar-refractivity contribution in [3.05, 3.63) is 60.2 Å². The van der Waals surface area contributed by atoms with Gasteiger partial charge in [-0.15, -0.1) is 0 Å². The number of carbonyl (C=O) groups is 1. The van der Waals surface area contributed by atoms with Crippen LogP contribution in [0.2, 0.25) is 0 Å². The molecule has 104 valence electrons. The van der Waals surface area contributed by atoms with E-state index in [9.17, 15) is 4.79 Å². The highest BCUT2D eigenvalue weighted by atomic mass is 16.5. The SMILES string of the molecule is O=C(O)CCOc1ccccc1OCc1ccccc1. The Bertz CT molecular complexity index is 551. The number of carboxylic acid groups (broad SMARTS) is 1. The molecule has 0 aliphatic carbocycles. The topological polar surface area (TPSA) is 55.8 Å². The van der Waals surface area contributed by atoms with Crippen LogP contribution in [0.15, 0.2) is 54.6 Å². The maximum Gasteiger partial charge on any atom is 0.306 e. The van der Waals surface area contributed by atoms with Gasteiger partial charge < -0.3 is 14.6 Å². The van der Waals surface area contributed by atoms with E-state index in [0.29, 0.717) is 18.1 Å². The van der Waals surface area contributed by atoms with Crippen molar-refractivity contribution in [2.45, 2.75) is 13.0 Å². The first-order valence-corrected chi connectivity index (χ1v) is 6.36. The minimum absolute atomic E-state index is 0.0347. The molecule has 0 aliphatic rings. The van der Waals surface area contributed by atoms with E-state index in [1.165, 1.54) is 0 Å². The molecule has 2 rings (SSSR count). The molecule has 0 aliphatic heterocycles. The molecule has 2 aromatic rings. The van der Waals surface area contributed by atoms with Gasteiger partial charge in [0, 0.05) is 0 Å². The Balaban J connectivity index is 1.95. The number of benzene rings is 2. The summed E-state index contributed by atoms with van der Waals surface area (Å²) in [5.41, 5.74) is 1.06. The van der Waals surface area contributed by atoms with Gasteiger partial charge in [0.05, 0.1) is 13.0 Å². The zero-order valence-electron chi connectivity index (χ0n) is 11.0. The molecule has 0 spiro atoms. The van der Waals surface area contributed by atoms with Gasteiger partial charge in [0.15, 0.2) is 11.5 Å². The fourth-order valence-electron chi connectivity index (χ4n) is 1.67. The number of aliphatic carboxylic acids is 1. The Morgan fingerprint density at radius 2 is 1.50 bits per heavy atom. The van der Waals surface area contributed by atoms with Gasteiger partial charge in [0.25, 0.3) is 0 Å². The molecule has 0 bridgehead atoms. The molecule has 0 saturated heterocycles. The normalized spacial score (nSPS) is 10.0. The Kier molecular flexibility index (Phi) is 5.00. The summed E-state index contributed by atoms with van der Waals surface area (Å²) in [6.45, 7) is 0.571. The molecule has 0 saturated carbocycles. The molecular formula is C16H16O4. The third kappa shape index (κ3) is 4.31. The predicted molar refractivity (Wildman–Crippen MR) is 75.0 cm³/mol. The molecule has 0 amide bonds. The van der Waals surface area contributed by atoms with E-state index < -0.39 is 5.97 Å². The summed E-state index contributed by atoms with van der Waals surface area (Å²) >= 11 is 0. The van der Waals surface area contributed by atoms with Gasteiger partial charge in [-0.2, -0.15) is 0 Å². The first-order valence-electron chi connectivity index (χ1n) is 6.36. The zero-order valence-corrected chi connectivity index (χ0v) is 11.0. The zero-order chi connectivity index (χ0) is 14.2. The third-order valence-corrected chi connectivity index (χ3v) is 2.66. The monoisotopic (exact) mass is 272 g/mol. The van der Waals surface area contributed by atoms with Crippen molar-refractivity contribution in [1.29, 1.82) is 0 Å². The Hall–Kier alpha value is -2.49. The smallest absolute Gasteiger partial charge is 0.306 e. The van der Waals surface area contributed by atoms with Crippen LogP contribution in [-0.4, -0.2) is 17.7 Å². The van der Waals surface area contributed by atoms with Crippen molar-refractivity contribution in [1.82, 2.24) is 0 Å². The van der Waals surface area contributed by atoms with Crippen molar-refractivity contribution in [3.63, 3.8) is 0 Å². The summed E-state index contributed by atoms with van der Waals surface area (Å²) in [5, 5.41) is 8.60. The van der Waals surface area contributed by atoms with Crippen LogP contribution in [0.5, 0.6) is 11.5 Å². The van der Waals surface area contributed by atoms with E-state index in [1.807, 2.05) is 42.5 Å². The van der Waals surface area contributed by atoms with E-state index >= 15 is 0 Å². The summed E-state index contributed by atoms with van der Waals surface area (Å²) in [6, 6.07) is 17.1. The van der Waals surface area contributed by atoms with Crippen molar-refractivity contribution < 1.29 is 19.4 Å². The van der Waals surface area contributed by atoms with E-state index in [-0.39, 0.29) is 13.0 Å². The number of para-hydroxylation sites is 2. The second kappa shape index (κ2) is 7.19. The molecule has 4 nitrogen and oxygen atoms in total. The summed E-state index contributed by atoms with van der Waals surface area (Å²) in [6.07, 6.45) is -0.0347. The third-order valence-electron chi connectivity index (χ3n) is 2.66. The number of rotatable bonds is 7. The van der Waals surface area contributed by atoms with Gasteiger partial charge in [-0.3, -0.25) is 4.79 Å². The lowest BCUT2D eigenvalue weighted by molar-refractivity contribution is -0.137. The number of ether oxygens (including phenoxy) is 2. The summed E-state index contributed by atoms with van der Waals surface area (Å²) in [5.74, 6) is 0.291. The first-order chi connectivity index (χ1) is 9.75. The Morgan fingerprint density at radius 1 is 0.900 bits per heavy atom. The van der Waals surface area contributed by atoms with Gasteiger partial charge in [-0.05, 0) is 17.7 Å². The minimum atomic E-state index is -0.882. The number of hydrogen-bond donors (Lipinski definition) is 1. The lowest BCUT2D eigenvalue weighted by atomic mass is 10.2. The minimum Gasteiger partial charge on any atom is -0.489 e. The molecular weight excluding hydrogens is 256 g/mol. The molecule has 2 aromatic carbocycles. The molecule has 0 heterocycles.